The van der Waals surface area contributed by atoms with E-state index in [0.717, 1.165) is 23.7 Å². The van der Waals surface area contributed by atoms with Crippen molar-refractivity contribution in [3.05, 3.63) is 63.7 Å². The van der Waals surface area contributed by atoms with Crippen LogP contribution in [-0.4, -0.2) is 45.2 Å². The summed E-state index contributed by atoms with van der Waals surface area (Å²) in [4.78, 5) is 13.9. The first-order valence-corrected chi connectivity index (χ1v) is 15.8. The van der Waals surface area contributed by atoms with Crippen LogP contribution in [0.4, 0.5) is 63.2 Å². The second kappa shape index (κ2) is 12.4. The Labute approximate surface area is 277 Å². The molecule has 0 aromatic heterocycles. The molecule has 50 heavy (non-hydrogen) atoms. The second-order valence-corrected chi connectivity index (χ2v) is 14.5. The van der Waals surface area contributed by atoms with E-state index in [0.29, 0.717) is 24.6 Å². The van der Waals surface area contributed by atoms with Crippen molar-refractivity contribution in [2.45, 2.75) is 69.6 Å². The number of carbonyl (C=O) groups is 1. The van der Waals surface area contributed by atoms with Crippen LogP contribution in [0.15, 0.2) is 35.9 Å². The van der Waals surface area contributed by atoms with Gasteiger partial charge in [-0.1, -0.05) is 13.8 Å². The predicted molar refractivity (Wildman–Crippen MR) is 153 cm³/mol. The predicted octanol–water partition coefficient (Wildman–Crippen LogP) is 9.34. The first kappa shape index (κ1) is 39.0. The third-order valence-electron chi connectivity index (χ3n) is 8.54. The minimum atomic E-state index is -6.37. The maximum Gasteiger partial charge on any atom is 0.516 e. The summed E-state index contributed by atoms with van der Waals surface area (Å²) in [5.41, 5.74) is -15.9. The average Bonchev–Trinajstić information content (AvgIpc) is 3.24. The third-order valence-corrected chi connectivity index (χ3v) is 9.64. The number of nitrogens with one attached hydrogen (secondary N) is 1. The topological polar surface area (TPSA) is 84.9 Å². The van der Waals surface area contributed by atoms with Gasteiger partial charge in [0.25, 0.3) is 0 Å². The molecule has 1 atom stereocenters. The molecule has 2 aliphatic rings. The zero-order valence-corrected chi connectivity index (χ0v) is 27.2. The van der Waals surface area contributed by atoms with Crippen LogP contribution in [0, 0.1) is 5.41 Å². The molecule has 1 fully saturated rings. The zero-order chi connectivity index (χ0) is 38.0. The van der Waals surface area contributed by atoms with Gasteiger partial charge in [-0.25, -0.2) is 4.79 Å². The van der Waals surface area contributed by atoms with Crippen molar-refractivity contribution < 1.29 is 75.4 Å². The number of benzene rings is 2. The lowest BCUT2D eigenvalue weighted by molar-refractivity contribution is -0.143. The summed E-state index contributed by atoms with van der Waals surface area (Å²) in [5, 5.41) is 0. The fraction of sp³-hybridized carbons (Fsp3) is 0.500. The molecule has 20 heteroatoms. The lowest BCUT2D eigenvalue weighted by Crippen LogP contribution is -2.44. The molecule has 1 amide bonds. The van der Waals surface area contributed by atoms with Crippen molar-refractivity contribution in [2.24, 2.45) is 5.41 Å². The fourth-order valence-corrected chi connectivity index (χ4v) is 6.46. The van der Waals surface area contributed by atoms with E-state index in [1.165, 1.54) is 0 Å². The van der Waals surface area contributed by atoms with Gasteiger partial charge < -0.3 is 9.47 Å². The van der Waals surface area contributed by atoms with Gasteiger partial charge in [0, 0.05) is 12.1 Å². The standard InChI is InChI=1S/C30H28F12N2O5S/c1-25(2)6-5-19(20-10-22(43-50(46,47)30(40,41)42)21(29(37,38)39)11-23(20)48-4)15(12-25)13-44-24(45)49-14-26(44,3)16-7-17(27(31,32)33)9-18(8-16)28(34,35)36/h7-11,43H,5-6,12-14H2,1-4H3/t26-/m1/s1. The number of halogens is 12. The van der Waals surface area contributed by atoms with E-state index >= 15 is 0 Å². The molecule has 0 spiro atoms. The molecular formula is C30H28F12N2O5S. The Balaban J connectivity index is 1.94. The smallest absolute Gasteiger partial charge is 0.496 e. The Bertz CT molecular complexity index is 1780. The Morgan fingerprint density at radius 1 is 0.860 bits per heavy atom. The molecule has 0 radical (unpaired) electrons. The monoisotopic (exact) mass is 756 g/mol. The molecular weight excluding hydrogens is 728 g/mol. The average molecular weight is 757 g/mol. The van der Waals surface area contributed by atoms with E-state index in [1.807, 2.05) is 0 Å². The number of cyclic esters (lactones) is 1. The van der Waals surface area contributed by atoms with Crippen molar-refractivity contribution in [1.29, 1.82) is 0 Å². The Hall–Kier alpha value is -3.84. The van der Waals surface area contributed by atoms with Crippen molar-refractivity contribution in [1.82, 2.24) is 4.90 Å². The molecule has 1 saturated heterocycles. The molecule has 4 rings (SSSR count). The highest BCUT2D eigenvalue weighted by Gasteiger charge is 2.50. The molecule has 0 unspecified atom stereocenters. The summed E-state index contributed by atoms with van der Waals surface area (Å²) in [5.74, 6) is -0.557. The number of hydrogen-bond donors (Lipinski definition) is 1. The maximum atomic E-state index is 14.0. The molecule has 1 aliphatic heterocycles. The van der Waals surface area contributed by atoms with Gasteiger partial charge in [0.15, 0.2) is 0 Å². The summed E-state index contributed by atoms with van der Waals surface area (Å²) in [6.07, 6.45) is -16.7. The van der Waals surface area contributed by atoms with Crippen LogP contribution in [0.1, 0.15) is 67.9 Å². The number of hydrogen-bond acceptors (Lipinski definition) is 5. The van der Waals surface area contributed by atoms with Crippen molar-refractivity contribution >= 4 is 27.4 Å². The van der Waals surface area contributed by atoms with Gasteiger partial charge in [-0.3, -0.25) is 9.62 Å². The van der Waals surface area contributed by atoms with Crippen LogP contribution in [0.2, 0.25) is 0 Å². The van der Waals surface area contributed by atoms with Gasteiger partial charge in [-0.2, -0.15) is 61.1 Å². The number of amides is 1. The van der Waals surface area contributed by atoms with E-state index in [-0.39, 0.29) is 41.7 Å². The first-order chi connectivity index (χ1) is 22.5. The normalized spacial score (nSPS) is 20.6. The van der Waals surface area contributed by atoms with E-state index in [1.54, 1.807) is 13.8 Å². The molecule has 2 aromatic rings. The Morgan fingerprint density at radius 3 is 1.90 bits per heavy atom. The SMILES string of the molecule is COc1cc(C(F)(F)F)c(NS(=O)(=O)C(F)(F)F)cc1C1=C(CN2C(=O)OC[C@]2(C)c2cc(C(F)(F)F)cc(C(F)(F)F)c2)CC(C)(C)CC1. The molecule has 0 bridgehead atoms. The summed E-state index contributed by atoms with van der Waals surface area (Å²) < 4.78 is 199. The number of carbonyl (C=O) groups excluding carboxylic acids is 1. The molecule has 2 aromatic carbocycles. The number of allylic oxidation sites excluding steroid dienone is 1. The molecule has 0 saturated carbocycles. The van der Waals surface area contributed by atoms with Crippen LogP contribution in [0.5, 0.6) is 5.75 Å². The minimum Gasteiger partial charge on any atom is -0.496 e. The van der Waals surface area contributed by atoms with Gasteiger partial charge in [-0.05, 0) is 78.6 Å². The lowest BCUT2D eigenvalue weighted by atomic mass is 9.72. The zero-order valence-electron chi connectivity index (χ0n) is 26.4. The van der Waals surface area contributed by atoms with E-state index in [9.17, 15) is 65.9 Å². The molecule has 1 aliphatic carbocycles. The number of nitrogens with zero attached hydrogens (tertiary/aromatic N) is 1. The van der Waals surface area contributed by atoms with E-state index in [2.05, 4.69) is 0 Å². The number of sulfonamides is 1. The number of methoxy groups -OCH3 is 1. The number of rotatable bonds is 7. The quantitative estimate of drug-likeness (QED) is 0.285. The summed E-state index contributed by atoms with van der Waals surface area (Å²) >= 11 is 0. The Morgan fingerprint density at radius 2 is 1.42 bits per heavy atom. The van der Waals surface area contributed by atoms with Crippen LogP contribution < -0.4 is 9.46 Å². The molecule has 278 valence electrons. The highest BCUT2D eigenvalue weighted by atomic mass is 32.2. The number of alkyl halides is 12. The third kappa shape index (κ3) is 7.73. The fourth-order valence-electron chi connectivity index (χ4n) is 5.89. The first-order valence-electron chi connectivity index (χ1n) is 14.3. The van der Waals surface area contributed by atoms with Gasteiger partial charge in [0.2, 0.25) is 0 Å². The second-order valence-electron chi connectivity index (χ2n) is 12.8. The molecule has 7 nitrogen and oxygen atoms in total. The van der Waals surface area contributed by atoms with E-state index < -0.39 is 98.0 Å². The summed E-state index contributed by atoms with van der Waals surface area (Å²) in [6, 6.07) is 1.54. The minimum absolute atomic E-state index is 0.0202. The number of anilines is 1. The van der Waals surface area contributed by atoms with Gasteiger partial charge in [0.05, 0.1) is 29.5 Å². The highest BCUT2D eigenvalue weighted by molar-refractivity contribution is 7.93. The van der Waals surface area contributed by atoms with Crippen LogP contribution in [0.3, 0.4) is 0 Å². The van der Waals surface area contributed by atoms with Crippen molar-refractivity contribution in [2.75, 3.05) is 25.0 Å². The summed E-state index contributed by atoms with van der Waals surface area (Å²) in [6.45, 7) is 3.38. The maximum absolute atomic E-state index is 14.0. The molecule has 1 heterocycles. The van der Waals surface area contributed by atoms with Gasteiger partial charge in [0.1, 0.15) is 17.9 Å². The van der Waals surface area contributed by atoms with Gasteiger partial charge in [-0.15, -0.1) is 0 Å². The van der Waals surface area contributed by atoms with Crippen LogP contribution in [0.25, 0.3) is 5.57 Å². The van der Waals surface area contributed by atoms with Gasteiger partial charge >= 0.3 is 40.2 Å². The highest BCUT2D eigenvalue weighted by Crippen LogP contribution is 2.49. The van der Waals surface area contributed by atoms with Crippen molar-refractivity contribution in [3.63, 3.8) is 0 Å². The summed E-state index contributed by atoms with van der Waals surface area (Å²) in [7, 11) is -5.43. The Kier molecular flexibility index (Phi) is 9.69. The van der Waals surface area contributed by atoms with Crippen LogP contribution in [-0.2, 0) is 38.8 Å². The van der Waals surface area contributed by atoms with Crippen LogP contribution >= 0.6 is 0 Å². The number of ether oxygens (including phenoxy) is 2. The van der Waals surface area contributed by atoms with E-state index in [4.69, 9.17) is 9.47 Å². The lowest BCUT2D eigenvalue weighted by Gasteiger charge is -2.39. The molecule has 1 N–H and O–H groups in total. The van der Waals surface area contributed by atoms with Crippen molar-refractivity contribution in [3.8, 4) is 5.75 Å². The largest absolute Gasteiger partial charge is 0.516 e.